The van der Waals surface area contributed by atoms with E-state index in [0.29, 0.717) is 17.1 Å². The molecule has 0 amide bonds. The van der Waals surface area contributed by atoms with Gasteiger partial charge >= 0.3 is 0 Å². The van der Waals surface area contributed by atoms with E-state index in [-0.39, 0.29) is 0 Å². The van der Waals surface area contributed by atoms with Crippen molar-refractivity contribution in [3.8, 4) is 0 Å². The molecule has 0 aromatic carbocycles. The summed E-state index contributed by atoms with van der Waals surface area (Å²) in [6.07, 6.45) is 14.9. The third-order valence-corrected chi connectivity index (χ3v) is 4.33. The van der Waals surface area contributed by atoms with Gasteiger partial charge in [0.2, 0.25) is 0 Å². The lowest BCUT2D eigenvalue weighted by molar-refractivity contribution is -0.122. The topological polar surface area (TPSA) is 17.1 Å². The number of Topliss-reactive ketones (excluding diaryl/α,β-unsaturated/α-hetero) is 1. The van der Waals surface area contributed by atoms with Crippen molar-refractivity contribution in [2.45, 2.75) is 64.7 Å². The predicted molar refractivity (Wildman–Crippen MR) is 67.3 cm³/mol. The van der Waals surface area contributed by atoms with Crippen LogP contribution in [0.1, 0.15) is 64.7 Å². The van der Waals surface area contributed by atoms with Crippen molar-refractivity contribution in [1.29, 1.82) is 0 Å². The van der Waals surface area contributed by atoms with Gasteiger partial charge in [-0.15, -0.1) is 0 Å². The molecule has 1 nitrogen and oxygen atoms in total. The highest BCUT2D eigenvalue weighted by molar-refractivity contribution is 5.79. The molecule has 16 heavy (non-hydrogen) atoms. The average molecular weight is 220 g/mol. The summed E-state index contributed by atoms with van der Waals surface area (Å²) in [5, 5.41) is 0. The molecule has 0 aromatic heterocycles. The number of hydrogen-bond donors (Lipinski definition) is 0. The van der Waals surface area contributed by atoms with Crippen molar-refractivity contribution in [2.24, 2.45) is 11.3 Å². The Hall–Kier alpha value is -0.590. The molecule has 1 fully saturated rings. The van der Waals surface area contributed by atoms with Crippen molar-refractivity contribution in [3.63, 3.8) is 0 Å². The third-order valence-electron chi connectivity index (χ3n) is 4.33. The van der Waals surface area contributed by atoms with Crippen LogP contribution in [0.3, 0.4) is 0 Å². The molecule has 90 valence electrons. The van der Waals surface area contributed by atoms with E-state index in [9.17, 15) is 4.79 Å². The van der Waals surface area contributed by atoms with Crippen molar-refractivity contribution in [3.05, 3.63) is 12.2 Å². The standard InChI is InChI=1S/C15H24O/c1-15(9-5-6-10-15)12-14(16)11-13-7-3-2-4-8-13/h2-3,13H,4-12H2,1H3. The van der Waals surface area contributed by atoms with Crippen LogP contribution in [0.5, 0.6) is 0 Å². The second kappa shape index (κ2) is 5.16. The van der Waals surface area contributed by atoms with Crippen LogP contribution in [0.4, 0.5) is 0 Å². The van der Waals surface area contributed by atoms with Crippen molar-refractivity contribution in [1.82, 2.24) is 0 Å². The maximum absolute atomic E-state index is 12.0. The molecule has 2 aliphatic carbocycles. The number of hydrogen-bond acceptors (Lipinski definition) is 1. The molecule has 2 aliphatic rings. The minimum atomic E-state index is 0.349. The number of ketones is 1. The molecule has 1 heteroatoms. The molecular weight excluding hydrogens is 196 g/mol. The Balaban J connectivity index is 1.77. The Bertz CT molecular complexity index is 271. The second-order valence-corrected chi connectivity index (χ2v) is 6.09. The van der Waals surface area contributed by atoms with E-state index in [0.717, 1.165) is 19.3 Å². The fourth-order valence-electron chi connectivity index (χ4n) is 3.32. The van der Waals surface area contributed by atoms with E-state index >= 15 is 0 Å². The zero-order chi connectivity index (χ0) is 11.4. The molecular formula is C15H24O. The van der Waals surface area contributed by atoms with Crippen LogP contribution in [0.2, 0.25) is 0 Å². The summed E-state index contributed by atoms with van der Waals surface area (Å²) in [5.74, 6) is 1.16. The summed E-state index contributed by atoms with van der Waals surface area (Å²) < 4.78 is 0. The monoisotopic (exact) mass is 220 g/mol. The predicted octanol–water partition coefficient (Wildman–Crippen LogP) is 4.27. The third kappa shape index (κ3) is 3.20. The van der Waals surface area contributed by atoms with Gasteiger partial charge in [0.05, 0.1) is 0 Å². The van der Waals surface area contributed by atoms with E-state index in [1.807, 2.05) is 0 Å². The lowest BCUT2D eigenvalue weighted by atomic mass is 9.80. The quantitative estimate of drug-likeness (QED) is 0.646. The van der Waals surface area contributed by atoms with Crippen LogP contribution < -0.4 is 0 Å². The lowest BCUT2D eigenvalue weighted by Gasteiger charge is -2.24. The van der Waals surface area contributed by atoms with Crippen LogP contribution in [-0.4, -0.2) is 5.78 Å². The number of carbonyl (C=O) groups is 1. The summed E-state index contributed by atoms with van der Waals surface area (Å²) in [7, 11) is 0. The van der Waals surface area contributed by atoms with Crippen molar-refractivity contribution < 1.29 is 4.79 Å². The van der Waals surface area contributed by atoms with Crippen LogP contribution in [0.25, 0.3) is 0 Å². The first kappa shape index (κ1) is 11.9. The summed E-state index contributed by atoms with van der Waals surface area (Å²) in [6.45, 7) is 2.30. The SMILES string of the molecule is CC1(CC(=O)CC2CC=CCC2)CCCC1. The fraction of sp³-hybridized carbons (Fsp3) is 0.800. The zero-order valence-corrected chi connectivity index (χ0v) is 10.5. The maximum atomic E-state index is 12.0. The number of carbonyl (C=O) groups excluding carboxylic acids is 1. The lowest BCUT2D eigenvalue weighted by Crippen LogP contribution is -2.19. The Morgan fingerprint density at radius 3 is 2.69 bits per heavy atom. The molecule has 0 spiro atoms. The molecule has 0 aliphatic heterocycles. The Morgan fingerprint density at radius 2 is 2.06 bits per heavy atom. The molecule has 1 saturated carbocycles. The van der Waals surface area contributed by atoms with Gasteiger partial charge in [0.1, 0.15) is 5.78 Å². The van der Waals surface area contributed by atoms with Crippen LogP contribution in [0.15, 0.2) is 12.2 Å². The van der Waals surface area contributed by atoms with E-state index in [1.165, 1.54) is 38.5 Å². The van der Waals surface area contributed by atoms with Gasteiger partial charge in [0.25, 0.3) is 0 Å². The minimum absolute atomic E-state index is 0.349. The first-order valence-corrected chi connectivity index (χ1v) is 6.85. The van der Waals surface area contributed by atoms with Crippen LogP contribution in [0, 0.1) is 11.3 Å². The van der Waals surface area contributed by atoms with Gasteiger partial charge in [-0.2, -0.15) is 0 Å². The molecule has 0 bridgehead atoms. The fourth-order valence-corrected chi connectivity index (χ4v) is 3.32. The Morgan fingerprint density at radius 1 is 1.31 bits per heavy atom. The van der Waals surface area contributed by atoms with E-state index in [1.54, 1.807) is 0 Å². The molecule has 0 aromatic rings. The summed E-state index contributed by atoms with van der Waals surface area (Å²) in [6, 6.07) is 0. The zero-order valence-electron chi connectivity index (χ0n) is 10.5. The van der Waals surface area contributed by atoms with Gasteiger partial charge in [-0.1, -0.05) is 31.9 Å². The first-order chi connectivity index (χ1) is 7.68. The first-order valence-electron chi connectivity index (χ1n) is 6.85. The minimum Gasteiger partial charge on any atom is -0.300 e. The van der Waals surface area contributed by atoms with Crippen molar-refractivity contribution in [2.75, 3.05) is 0 Å². The van der Waals surface area contributed by atoms with Gasteiger partial charge in [-0.3, -0.25) is 4.79 Å². The number of allylic oxidation sites excluding steroid dienone is 2. The largest absolute Gasteiger partial charge is 0.300 e. The van der Waals surface area contributed by atoms with E-state index < -0.39 is 0 Å². The molecule has 2 rings (SSSR count). The highest BCUT2D eigenvalue weighted by atomic mass is 16.1. The molecule has 0 N–H and O–H groups in total. The molecule has 1 unspecified atom stereocenters. The highest BCUT2D eigenvalue weighted by Crippen LogP contribution is 2.41. The summed E-state index contributed by atoms with van der Waals surface area (Å²) in [4.78, 5) is 12.0. The summed E-state index contributed by atoms with van der Waals surface area (Å²) in [5.41, 5.74) is 0.349. The second-order valence-electron chi connectivity index (χ2n) is 6.09. The Kier molecular flexibility index (Phi) is 3.83. The Labute approximate surface area is 99.3 Å². The van der Waals surface area contributed by atoms with Gasteiger partial charge in [0.15, 0.2) is 0 Å². The van der Waals surface area contributed by atoms with E-state index in [2.05, 4.69) is 19.1 Å². The molecule has 0 heterocycles. The van der Waals surface area contributed by atoms with Crippen molar-refractivity contribution >= 4 is 5.78 Å². The van der Waals surface area contributed by atoms with Gasteiger partial charge < -0.3 is 0 Å². The smallest absolute Gasteiger partial charge is 0.133 e. The maximum Gasteiger partial charge on any atom is 0.133 e. The molecule has 0 saturated heterocycles. The summed E-state index contributed by atoms with van der Waals surface area (Å²) >= 11 is 0. The van der Waals surface area contributed by atoms with E-state index in [4.69, 9.17) is 0 Å². The van der Waals surface area contributed by atoms with Gasteiger partial charge in [0, 0.05) is 12.8 Å². The van der Waals surface area contributed by atoms with Crippen LogP contribution in [-0.2, 0) is 4.79 Å². The molecule has 1 atom stereocenters. The highest BCUT2D eigenvalue weighted by Gasteiger charge is 2.31. The average Bonchev–Trinajstić information content (AvgIpc) is 2.66. The normalized spacial score (nSPS) is 28.2. The van der Waals surface area contributed by atoms with Crippen LogP contribution >= 0.6 is 0 Å². The molecule has 0 radical (unpaired) electrons. The number of rotatable bonds is 4. The van der Waals surface area contributed by atoms with Gasteiger partial charge in [-0.25, -0.2) is 0 Å². The van der Waals surface area contributed by atoms with Gasteiger partial charge in [-0.05, 0) is 43.4 Å².